The Kier molecular flexibility index (Phi) is 9.25. The van der Waals surface area contributed by atoms with Gasteiger partial charge in [-0.25, -0.2) is 0 Å². The highest BCUT2D eigenvalue weighted by molar-refractivity contribution is 6.02. The van der Waals surface area contributed by atoms with Crippen molar-refractivity contribution in [2.24, 2.45) is 10.3 Å². The number of oxime groups is 2. The predicted octanol–water partition coefficient (Wildman–Crippen LogP) is 7.40. The summed E-state index contributed by atoms with van der Waals surface area (Å²) in [5.41, 5.74) is 6.19. The Morgan fingerprint density at radius 1 is 0.457 bits per heavy atom. The molecule has 0 fully saturated rings. The second-order valence-corrected chi connectivity index (χ2v) is 8.18. The molecule has 0 unspecified atom stereocenters. The number of nitrogens with zero attached hydrogens (tertiary/aromatic N) is 2. The number of hydrogen-bond acceptors (Lipinski definition) is 4. The van der Waals surface area contributed by atoms with E-state index in [0.29, 0.717) is 13.2 Å². The molecule has 176 valence electrons. The highest BCUT2D eigenvalue weighted by Gasteiger charge is 2.09. The fraction of sp³-hybridized carbons (Fsp3) is 0.161. The van der Waals surface area contributed by atoms with Crippen molar-refractivity contribution in [2.45, 2.75) is 32.5 Å². The fourth-order valence-corrected chi connectivity index (χ4v) is 3.69. The Labute approximate surface area is 207 Å². The normalized spacial score (nSPS) is 11.8. The first-order valence-electron chi connectivity index (χ1n) is 11.9. The van der Waals surface area contributed by atoms with Gasteiger partial charge in [0.05, 0.1) is 11.4 Å². The zero-order chi connectivity index (χ0) is 24.0. The molecule has 4 aromatic carbocycles. The lowest BCUT2D eigenvalue weighted by Crippen LogP contribution is -2.07. The van der Waals surface area contributed by atoms with Crippen LogP contribution in [0.25, 0.3) is 0 Å². The Balaban J connectivity index is 1.41. The third-order valence-electron chi connectivity index (χ3n) is 5.54. The minimum Gasteiger partial charge on any atom is -0.391 e. The summed E-state index contributed by atoms with van der Waals surface area (Å²) < 4.78 is 0. The number of hydrogen-bond donors (Lipinski definition) is 0. The van der Waals surface area contributed by atoms with Crippen molar-refractivity contribution >= 4 is 11.4 Å². The molecule has 35 heavy (non-hydrogen) atoms. The number of benzene rings is 4. The minimum atomic E-state index is 0.446. The molecule has 4 nitrogen and oxygen atoms in total. The third kappa shape index (κ3) is 7.97. The quantitative estimate of drug-likeness (QED) is 0.163. The maximum atomic E-state index is 5.73. The van der Waals surface area contributed by atoms with Crippen LogP contribution in [-0.2, 0) is 22.9 Å². The van der Waals surface area contributed by atoms with E-state index in [9.17, 15) is 0 Å². The summed E-state index contributed by atoms with van der Waals surface area (Å²) in [6, 6.07) is 40.6. The zero-order valence-corrected chi connectivity index (χ0v) is 19.8. The average Bonchev–Trinajstić information content (AvgIpc) is 2.93. The van der Waals surface area contributed by atoms with Crippen molar-refractivity contribution in [1.82, 2.24) is 0 Å². The van der Waals surface area contributed by atoms with Crippen LogP contribution in [0.2, 0.25) is 0 Å². The molecule has 0 aliphatic carbocycles. The molecule has 0 aliphatic heterocycles. The van der Waals surface area contributed by atoms with Crippen LogP contribution in [0.5, 0.6) is 0 Å². The van der Waals surface area contributed by atoms with E-state index in [1.54, 1.807) is 0 Å². The Hall–Kier alpha value is -4.18. The smallest absolute Gasteiger partial charge is 0.142 e. The van der Waals surface area contributed by atoms with Crippen LogP contribution in [0.4, 0.5) is 0 Å². The van der Waals surface area contributed by atoms with Crippen molar-refractivity contribution in [3.8, 4) is 0 Å². The van der Waals surface area contributed by atoms with Gasteiger partial charge in [-0.15, -0.1) is 0 Å². The summed E-state index contributed by atoms with van der Waals surface area (Å²) >= 11 is 0. The topological polar surface area (TPSA) is 43.2 Å². The van der Waals surface area contributed by atoms with Crippen molar-refractivity contribution in [1.29, 1.82) is 0 Å². The molecule has 0 atom stereocenters. The molecular weight excluding hydrogens is 432 g/mol. The largest absolute Gasteiger partial charge is 0.391 e. The molecule has 0 bridgehead atoms. The summed E-state index contributed by atoms with van der Waals surface area (Å²) in [6.45, 7) is 0.891. The second kappa shape index (κ2) is 13.5. The Morgan fingerprint density at radius 3 is 1.17 bits per heavy atom. The van der Waals surface area contributed by atoms with Crippen molar-refractivity contribution in [2.75, 3.05) is 0 Å². The molecule has 0 amide bonds. The molecule has 4 rings (SSSR count). The molecular formula is C31H30N2O2. The van der Waals surface area contributed by atoms with Crippen LogP contribution < -0.4 is 0 Å². The van der Waals surface area contributed by atoms with E-state index in [2.05, 4.69) is 34.6 Å². The highest BCUT2D eigenvalue weighted by atomic mass is 16.6. The van der Waals surface area contributed by atoms with Gasteiger partial charge in [0.15, 0.2) is 0 Å². The lowest BCUT2D eigenvalue weighted by atomic mass is 10.0. The number of rotatable bonds is 12. The molecule has 0 aliphatic rings. The first-order valence-corrected chi connectivity index (χ1v) is 11.9. The van der Waals surface area contributed by atoms with Gasteiger partial charge in [0.25, 0.3) is 0 Å². The van der Waals surface area contributed by atoms with Crippen LogP contribution >= 0.6 is 0 Å². The van der Waals surface area contributed by atoms with E-state index < -0.39 is 0 Å². The summed E-state index contributed by atoms with van der Waals surface area (Å²) in [5.74, 6) is 0. The van der Waals surface area contributed by atoms with Gasteiger partial charge in [0.1, 0.15) is 13.2 Å². The van der Waals surface area contributed by atoms with Crippen molar-refractivity contribution in [3.63, 3.8) is 0 Å². The summed E-state index contributed by atoms with van der Waals surface area (Å²) in [5, 5.41) is 9.01. The third-order valence-corrected chi connectivity index (χ3v) is 5.54. The standard InChI is InChI=1S/C31H30N2O2/c1-5-14-26(15-6-1)24-34-32-30(28-18-9-3-10-19-28)22-13-23-31(29-20-11-4-12-21-29)33-35-25-27-16-7-2-8-17-27/h1-12,14-21H,13,22-25H2/b32-30-,33-31+. The molecule has 0 aromatic heterocycles. The molecule has 0 saturated carbocycles. The van der Waals surface area contributed by atoms with Crippen molar-refractivity contribution < 1.29 is 9.68 Å². The molecule has 0 spiro atoms. The molecule has 0 radical (unpaired) electrons. The zero-order valence-electron chi connectivity index (χ0n) is 19.8. The van der Waals surface area contributed by atoms with Gasteiger partial charge >= 0.3 is 0 Å². The second-order valence-electron chi connectivity index (χ2n) is 8.18. The van der Waals surface area contributed by atoms with E-state index >= 15 is 0 Å². The first-order chi connectivity index (χ1) is 17.4. The summed E-state index contributed by atoms with van der Waals surface area (Å²) in [7, 11) is 0. The van der Waals surface area contributed by atoms with Crippen LogP contribution in [0.15, 0.2) is 132 Å². The highest BCUT2D eigenvalue weighted by Crippen LogP contribution is 2.14. The predicted molar refractivity (Wildman–Crippen MR) is 142 cm³/mol. The Bertz CT molecular complexity index is 1090. The van der Waals surface area contributed by atoms with Gasteiger partial charge in [-0.05, 0) is 41.5 Å². The van der Waals surface area contributed by atoms with Gasteiger partial charge < -0.3 is 9.68 Å². The lowest BCUT2D eigenvalue weighted by molar-refractivity contribution is 0.129. The lowest BCUT2D eigenvalue weighted by Gasteiger charge is -2.10. The summed E-state index contributed by atoms with van der Waals surface area (Å²) in [4.78, 5) is 11.5. The van der Waals surface area contributed by atoms with E-state index in [-0.39, 0.29) is 0 Å². The van der Waals surface area contributed by atoms with Gasteiger partial charge in [-0.1, -0.05) is 132 Å². The van der Waals surface area contributed by atoms with Crippen LogP contribution in [0.3, 0.4) is 0 Å². The van der Waals surface area contributed by atoms with Gasteiger partial charge in [-0.2, -0.15) is 0 Å². The molecule has 4 aromatic rings. The van der Waals surface area contributed by atoms with Gasteiger partial charge in [-0.3, -0.25) is 0 Å². The van der Waals surface area contributed by atoms with E-state index in [1.807, 2.05) is 97.1 Å². The monoisotopic (exact) mass is 462 g/mol. The molecule has 4 heteroatoms. The maximum absolute atomic E-state index is 5.73. The molecule has 0 N–H and O–H groups in total. The van der Waals surface area contributed by atoms with Crippen LogP contribution in [-0.4, -0.2) is 11.4 Å². The average molecular weight is 463 g/mol. The van der Waals surface area contributed by atoms with Crippen molar-refractivity contribution in [3.05, 3.63) is 144 Å². The van der Waals surface area contributed by atoms with Gasteiger partial charge in [0, 0.05) is 0 Å². The SMILES string of the molecule is c1ccc(CO/N=C(/CCC/C(=N\OCc2ccccc2)c2ccccc2)c2ccccc2)cc1. The van der Waals surface area contributed by atoms with E-state index in [1.165, 1.54) is 0 Å². The van der Waals surface area contributed by atoms with Crippen LogP contribution in [0, 0.1) is 0 Å². The van der Waals surface area contributed by atoms with E-state index in [0.717, 1.165) is 52.9 Å². The van der Waals surface area contributed by atoms with Crippen LogP contribution in [0.1, 0.15) is 41.5 Å². The van der Waals surface area contributed by atoms with E-state index in [4.69, 9.17) is 9.68 Å². The maximum Gasteiger partial charge on any atom is 0.142 e. The Morgan fingerprint density at radius 2 is 0.800 bits per heavy atom. The fourth-order valence-electron chi connectivity index (χ4n) is 3.69. The molecule has 0 heterocycles. The minimum absolute atomic E-state index is 0.446. The molecule has 0 saturated heterocycles. The summed E-state index contributed by atoms with van der Waals surface area (Å²) in [6.07, 6.45) is 2.40. The van der Waals surface area contributed by atoms with Gasteiger partial charge in [0.2, 0.25) is 0 Å². The first kappa shape index (κ1) is 24.0.